The van der Waals surface area contributed by atoms with Crippen molar-refractivity contribution in [3.63, 3.8) is 0 Å². The van der Waals surface area contributed by atoms with Crippen LogP contribution in [-0.2, 0) is 5.54 Å². The molecule has 0 spiro atoms. The molecule has 4 heterocycles. The monoisotopic (exact) mass is 474 g/mol. The van der Waals surface area contributed by atoms with Crippen LogP contribution in [0.4, 0.5) is 16.0 Å². The lowest BCUT2D eigenvalue weighted by Crippen LogP contribution is -2.40. The van der Waals surface area contributed by atoms with Crippen molar-refractivity contribution in [1.29, 1.82) is 5.26 Å². The van der Waals surface area contributed by atoms with Gasteiger partial charge in [-0.15, -0.1) is 0 Å². The van der Waals surface area contributed by atoms with Crippen LogP contribution in [0.3, 0.4) is 0 Å². The van der Waals surface area contributed by atoms with E-state index in [1.807, 2.05) is 29.2 Å². The predicted molar refractivity (Wildman–Crippen MR) is 127 cm³/mol. The van der Waals surface area contributed by atoms with Crippen molar-refractivity contribution in [3.8, 4) is 6.07 Å². The number of nitrogens with two attached hydrogens (primary N) is 1. The Morgan fingerprint density at radius 2 is 2.06 bits per heavy atom. The Labute approximate surface area is 199 Å². The number of aromatic nitrogens is 3. The van der Waals surface area contributed by atoms with Gasteiger partial charge in [-0.25, -0.2) is 24.3 Å². The highest BCUT2D eigenvalue weighted by molar-refractivity contribution is 8.13. The molecule has 1 aromatic carbocycles. The molecule has 0 bridgehead atoms. The minimum atomic E-state index is -0.652. The van der Waals surface area contributed by atoms with Crippen molar-refractivity contribution >= 4 is 34.5 Å². The van der Waals surface area contributed by atoms with Crippen LogP contribution >= 0.6 is 11.8 Å². The summed E-state index contributed by atoms with van der Waals surface area (Å²) in [6, 6.07) is 12.5. The summed E-state index contributed by atoms with van der Waals surface area (Å²) in [5.74, 6) is 0.437. The maximum atomic E-state index is 13.3. The van der Waals surface area contributed by atoms with E-state index in [1.54, 1.807) is 12.1 Å². The Balaban J connectivity index is 1.44. The van der Waals surface area contributed by atoms with Crippen molar-refractivity contribution in [3.05, 3.63) is 77.6 Å². The standard InChI is InChI=1S/C23H19FN8OS/c24-17-9-28-22(29-10-17)32-11-16-12-34-21(26)31-23(16,13-32)15-2-1-3-18(6-15)30-20(33)19-5-4-14(7-25)8-27-19/h1-6,8-10,16H,11-13H2,(H2,26,31)(H,30,33)/t16-,23?/m0/s1. The number of halogens is 1. The van der Waals surface area contributed by atoms with Crippen LogP contribution in [-0.4, -0.2) is 44.9 Å². The third-order valence-electron chi connectivity index (χ3n) is 5.93. The maximum Gasteiger partial charge on any atom is 0.274 e. The molecule has 3 N–H and O–H groups in total. The summed E-state index contributed by atoms with van der Waals surface area (Å²) in [5.41, 5.74) is 7.57. The number of aliphatic imine (C=N–C) groups is 1. The molecule has 3 aromatic rings. The Bertz CT molecular complexity index is 1310. The Kier molecular flexibility index (Phi) is 5.59. The first-order valence-electron chi connectivity index (χ1n) is 10.5. The van der Waals surface area contributed by atoms with E-state index in [4.69, 9.17) is 16.0 Å². The molecule has 1 unspecified atom stereocenters. The van der Waals surface area contributed by atoms with Crippen LogP contribution in [0.15, 0.2) is 60.0 Å². The molecule has 1 fully saturated rings. The number of amidine groups is 1. The fourth-order valence-electron chi connectivity index (χ4n) is 4.30. The summed E-state index contributed by atoms with van der Waals surface area (Å²) in [6.07, 6.45) is 3.66. The highest BCUT2D eigenvalue weighted by Crippen LogP contribution is 2.46. The van der Waals surface area contributed by atoms with E-state index in [0.29, 0.717) is 35.5 Å². The molecule has 0 radical (unpaired) electrons. The second-order valence-corrected chi connectivity index (χ2v) is 9.08. The van der Waals surface area contributed by atoms with E-state index in [-0.39, 0.29) is 17.5 Å². The summed E-state index contributed by atoms with van der Waals surface area (Å²) in [5, 5.41) is 12.3. The van der Waals surface area contributed by atoms with E-state index in [2.05, 4.69) is 20.3 Å². The first-order valence-corrected chi connectivity index (χ1v) is 11.4. The van der Waals surface area contributed by atoms with Crippen LogP contribution in [0.1, 0.15) is 21.6 Å². The molecule has 11 heteroatoms. The zero-order valence-electron chi connectivity index (χ0n) is 17.8. The third-order valence-corrected chi connectivity index (χ3v) is 6.88. The molecule has 2 aromatic heterocycles. The van der Waals surface area contributed by atoms with Gasteiger partial charge in [-0.3, -0.25) is 4.79 Å². The lowest BCUT2D eigenvalue weighted by molar-refractivity contribution is 0.102. The summed E-state index contributed by atoms with van der Waals surface area (Å²) >= 11 is 1.50. The number of hydrogen-bond acceptors (Lipinski definition) is 9. The quantitative estimate of drug-likeness (QED) is 0.589. The number of benzene rings is 1. The molecule has 2 atom stereocenters. The maximum absolute atomic E-state index is 13.3. The second kappa shape index (κ2) is 8.72. The molecule has 170 valence electrons. The van der Waals surface area contributed by atoms with Crippen LogP contribution in [0.2, 0.25) is 0 Å². The number of rotatable bonds is 4. The highest BCUT2D eigenvalue weighted by Gasteiger charge is 2.50. The third kappa shape index (κ3) is 4.04. The number of hydrogen-bond donors (Lipinski definition) is 2. The average Bonchev–Trinajstić information content (AvgIpc) is 3.24. The number of nitrogens with zero attached hydrogens (tertiary/aromatic N) is 6. The van der Waals surface area contributed by atoms with Gasteiger partial charge in [0.2, 0.25) is 5.95 Å². The SMILES string of the molecule is N#Cc1ccc(C(=O)Nc2cccc(C34CN(c5ncc(F)cn5)C[C@H]3CSC(N)=N4)c2)nc1. The van der Waals surface area contributed by atoms with E-state index in [0.717, 1.165) is 23.7 Å². The van der Waals surface area contributed by atoms with Gasteiger partial charge in [-0.05, 0) is 29.8 Å². The van der Waals surface area contributed by atoms with E-state index in [1.165, 1.54) is 24.0 Å². The number of amides is 1. The normalized spacial score (nSPS) is 21.4. The predicted octanol–water partition coefficient (Wildman–Crippen LogP) is 2.53. The van der Waals surface area contributed by atoms with Gasteiger partial charge in [0.25, 0.3) is 5.91 Å². The first-order chi connectivity index (χ1) is 16.5. The number of fused-ring (bicyclic) bond motifs is 1. The van der Waals surface area contributed by atoms with E-state index >= 15 is 0 Å². The highest BCUT2D eigenvalue weighted by atomic mass is 32.2. The van der Waals surface area contributed by atoms with Crippen molar-refractivity contribution in [1.82, 2.24) is 15.0 Å². The first kappa shape index (κ1) is 21.8. The van der Waals surface area contributed by atoms with E-state index in [9.17, 15) is 9.18 Å². The van der Waals surface area contributed by atoms with E-state index < -0.39 is 11.4 Å². The molecule has 5 rings (SSSR count). The fourth-order valence-corrected chi connectivity index (χ4v) is 5.28. The molecule has 1 saturated heterocycles. The average molecular weight is 475 g/mol. The number of anilines is 2. The number of nitriles is 1. The van der Waals surface area contributed by atoms with Crippen molar-refractivity contribution in [2.45, 2.75) is 5.54 Å². The Hall–Kier alpha value is -4.04. The Morgan fingerprint density at radius 1 is 1.24 bits per heavy atom. The number of nitrogens with one attached hydrogen (secondary N) is 1. The minimum Gasteiger partial charge on any atom is -0.379 e. The van der Waals surface area contributed by atoms with Gasteiger partial charge < -0.3 is 16.0 Å². The lowest BCUT2D eigenvalue weighted by atomic mass is 9.81. The zero-order valence-corrected chi connectivity index (χ0v) is 18.7. The summed E-state index contributed by atoms with van der Waals surface area (Å²) in [4.78, 5) is 31.8. The molecular formula is C23H19FN8OS. The second-order valence-electron chi connectivity index (χ2n) is 8.04. The number of pyridine rings is 1. The van der Waals surface area contributed by atoms with Crippen LogP contribution < -0.4 is 16.0 Å². The minimum absolute atomic E-state index is 0.115. The van der Waals surface area contributed by atoms with Crippen LogP contribution in [0.5, 0.6) is 0 Å². The molecule has 34 heavy (non-hydrogen) atoms. The molecule has 2 aliphatic heterocycles. The summed E-state index contributed by atoms with van der Waals surface area (Å²) in [6.45, 7) is 1.11. The lowest BCUT2D eigenvalue weighted by Gasteiger charge is -2.34. The molecule has 0 saturated carbocycles. The van der Waals surface area contributed by atoms with Crippen molar-refractivity contribution in [2.75, 3.05) is 29.1 Å². The topological polar surface area (TPSA) is 133 Å². The fraction of sp³-hybridized carbons (Fsp3) is 0.217. The van der Waals surface area contributed by atoms with Gasteiger partial charge in [0.1, 0.15) is 17.3 Å². The molecule has 9 nitrogen and oxygen atoms in total. The van der Waals surface area contributed by atoms with Gasteiger partial charge in [0, 0.05) is 30.1 Å². The van der Waals surface area contributed by atoms with Gasteiger partial charge in [0.05, 0.1) is 24.5 Å². The van der Waals surface area contributed by atoms with Gasteiger partial charge in [0.15, 0.2) is 11.0 Å². The molecule has 2 aliphatic rings. The van der Waals surface area contributed by atoms with Gasteiger partial charge in [-0.1, -0.05) is 23.9 Å². The van der Waals surface area contributed by atoms with Gasteiger partial charge in [-0.2, -0.15) is 5.26 Å². The number of carbonyl (C=O) groups is 1. The molecule has 0 aliphatic carbocycles. The summed E-state index contributed by atoms with van der Waals surface area (Å²) < 4.78 is 13.3. The number of carbonyl (C=O) groups excluding carboxylic acids is 1. The molecular weight excluding hydrogens is 455 g/mol. The summed E-state index contributed by atoms with van der Waals surface area (Å²) in [7, 11) is 0. The van der Waals surface area contributed by atoms with Crippen molar-refractivity contribution < 1.29 is 9.18 Å². The van der Waals surface area contributed by atoms with Gasteiger partial charge >= 0.3 is 0 Å². The van der Waals surface area contributed by atoms with Crippen LogP contribution in [0.25, 0.3) is 0 Å². The largest absolute Gasteiger partial charge is 0.379 e. The smallest absolute Gasteiger partial charge is 0.274 e. The Morgan fingerprint density at radius 3 is 2.79 bits per heavy atom. The van der Waals surface area contributed by atoms with Crippen LogP contribution in [0, 0.1) is 23.1 Å². The molecule has 1 amide bonds. The number of thioether (sulfide) groups is 1. The zero-order chi connectivity index (χ0) is 23.7. The van der Waals surface area contributed by atoms with Crippen molar-refractivity contribution in [2.24, 2.45) is 16.6 Å².